The highest BCUT2D eigenvalue weighted by Gasteiger charge is 2.42. The number of nitrogens with zero attached hydrogens (tertiary/aromatic N) is 2. The summed E-state index contributed by atoms with van der Waals surface area (Å²) in [6.07, 6.45) is 0. The lowest BCUT2D eigenvalue weighted by molar-refractivity contribution is 0.0758. The third-order valence-electron chi connectivity index (χ3n) is 3.68. The fraction of sp³-hybridized carbons (Fsp3) is 0.167. The lowest BCUT2D eigenvalue weighted by Crippen LogP contribution is -2.46. The van der Waals surface area contributed by atoms with Gasteiger partial charge in [0.05, 0.1) is 0 Å². The minimum absolute atomic E-state index is 0.137. The van der Waals surface area contributed by atoms with Crippen LogP contribution in [0.4, 0.5) is 0 Å². The summed E-state index contributed by atoms with van der Waals surface area (Å²) in [6, 6.07) is 17.0. The summed E-state index contributed by atoms with van der Waals surface area (Å²) in [5.74, 6) is -0.137. The van der Waals surface area contributed by atoms with E-state index in [9.17, 15) is 4.79 Å². The third kappa shape index (κ3) is 2.99. The van der Waals surface area contributed by atoms with Crippen LogP contribution in [0.25, 0.3) is 0 Å². The van der Waals surface area contributed by atoms with Gasteiger partial charge in [0.1, 0.15) is 16.4 Å². The number of aliphatic imine (C=N–C) groups is 1. The van der Waals surface area contributed by atoms with Crippen molar-refractivity contribution < 1.29 is 4.79 Å². The molecule has 0 aliphatic carbocycles. The Morgan fingerprint density at radius 2 is 1.70 bits per heavy atom. The predicted molar refractivity (Wildman–Crippen MR) is 100.0 cm³/mol. The summed E-state index contributed by atoms with van der Waals surface area (Å²) in [5, 5.41) is 0. The van der Waals surface area contributed by atoms with Gasteiger partial charge in [0.2, 0.25) is 0 Å². The number of benzene rings is 2. The number of amides is 1. The summed E-state index contributed by atoms with van der Waals surface area (Å²) in [7, 11) is 0. The molecule has 5 heteroatoms. The minimum atomic E-state index is -0.702. The molecule has 0 atom stereocenters. The first-order valence-corrected chi connectivity index (χ1v) is 8.40. The number of halogens is 1. The standard InChI is InChI=1S/C18H15BrN2OS/c1-18(2)20-15(12-6-4-3-5-7-12)17(23)21(18)16(22)13-8-10-14(19)11-9-13/h3-11H,1-2H3. The van der Waals surface area contributed by atoms with Gasteiger partial charge in [-0.1, -0.05) is 58.5 Å². The molecule has 1 amide bonds. The third-order valence-corrected chi connectivity index (χ3v) is 4.58. The Bertz CT molecular complexity index is 798. The molecule has 1 heterocycles. The van der Waals surface area contributed by atoms with E-state index in [0.717, 1.165) is 10.0 Å². The van der Waals surface area contributed by atoms with E-state index in [0.29, 0.717) is 16.3 Å². The van der Waals surface area contributed by atoms with Crippen LogP contribution in [0.15, 0.2) is 64.1 Å². The molecule has 1 aliphatic rings. The van der Waals surface area contributed by atoms with E-state index in [4.69, 9.17) is 12.2 Å². The van der Waals surface area contributed by atoms with Crippen LogP contribution in [0.3, 0.4) is 0 Å². The van der Waals surface area contributed by atoms with Crippen LogP contribution in [0.1, 0.15) is 29.8 Å². The smallest absolute Gasteiger partial charge is 0.260 e. The van der Waals surface area contributed by atoms with Crippen LogP contribution in [-0.2, 0) is 0 Å². The van der Waals surface area contributed by atoms with Gasteiger partial charge < -0.3 is 0 Å². The number of carbonyl (C=O) groups is 1. The topological polar surface area (TPSA) is 32.7 Å². The second kappa shape index (κ2) is 5.98. The SMILES string of the molecule is CC1(C)N=C(c2ccccc2)C(=S)N1C(=O)c1ccc(Br)cc1. The van der Waals surface area contributed by atoms with E-state index in [2.05, 4.69) is 20.9 Å². The highest BCUT2D eigenvalue weighted by Crippen LogP contribution is 2.29. The van der Waals surface area contributed by atoms with Crippen molar-refractivity contribution in [3.05, 3.63) is 70.2 Å². The van der Waals surface area contributed by atoms with Crippen molar-refractivity contribution in [1.82, 2.24) is 4.90 Å². The second-order valence-corrected chi connectivity index (χ2v) is 7.08. The number of rotatable bonds is 2. The molecule has 3 rings (SSSR count). The monoisotopic (exact) mass is 386 g/mol. The zero-order valence-corrected chi connectivity index (χ0v) is 15.2. The van der Waals surface area contributed by atoms with Gasteiger partial charge in [0.15, 0.2) is 0 Å². The van der Waals surface area contributed by atoms with Gasteiger partial charge in [0, 0.05) is 15.6 Å². The van der Waals surface area contributed by atoms with Gasteiger partial charge >= 0.3 is 0 Å². The number of hydrogen-bond acceptors (Lipinski definition) is 3. The first-order chi connectivity index (χ1) is 10.9. The molecule has 2 aromatic carbocycles. The molecule has 3 nitrogen and oxygen atoms in total. The predicted octanol–water partition coefficient (Wildman–Crippen LogP) is 4.46. The maximum atomic E-state index is 12.9. The summed E-state index contributed by atoms with van der Waals surface area (Å²) in [6.45, 7) is 3.79. The van der Waals surface area contributed by atoms with Gasteiger partial charge in [-0.05, 0) is 38.1 Å². The summed E-state index contributed by atoms with van der Waals surface area (Å²) in [4.78, 5) is 19.7. The molecular weight excluding hydrogens is 372 g/mol. The van der Waals surface area contributed by atoms with Crippen molar-refractivity contribution >= 4 is 44.8 Å². The Hall–Kier alpha value is -1.85. The van der Waals surface area contributed by atoms with Crippen LogP contribution in [0, 0.1) is 0 Å². The zero-order valence-electron chi connectivity index (χ0n) is 12.8. The van der Waals surface area contributed by atoms with Crippen molar-refractivity contribution in [3.8, 4) is 0 Å². The highest BCUT2D eigenvalue weighted by atomic mass is 79.9. The fourth-order valence-corrected chi connectivity index (χ4v) is 3.31. The molecule has 2 aromatic rings. The average Bonchev–Trinajstić information content (AvgIpc) is 2.78. The van der Waals surface area contributed by atoms with Crippen molar-refractivity contribution in [2.75, 3.05) is 0 Å². The quantitative estimate of drug-likeness (QED) is 0.713. The normalized spacial score (nSPS) is 16.4. The van der Waals surface area contributed by atoms with Gasteiger partial charge in [-0.2, -0.15) is 0 Å². The van der Waals surface area contributed by atoms with E-state index < -0.39 is 5.66 Å². The van der Waals surface area contributed by atoms with Crippen LogP contribution < -0.4 is 0 Å². The molecule has 0 radical (unpaired) electrons. The summed E-state index contributed by atoms with van der Waals surface area (Å²) in [5.41, 5.74) is 1.51. The van der Waals surface area contributed by atoms with Crippen molar-refractivity contribution in [3.63, 3.8) is 0 Å². The van der Waals surface area contributed by atoms with Gasteiger partial charge in [-0.3, -0.25) is 14.7 Å². The molecule has 0 unspecified atom stereocenters. The van der Waals surface area contributed by atoms with E-state index in [1.807, 2.05) is 56.3 Å². The molecule has 0 saturated carbocycles. The first-order valence-electron chi connectivity index (χ1n) is 7.20. The molecular formula is C18H15BrN2OS. The van der Waals surface area contributed by atoms with E-state index in [1.54, 1.807) is 17.0 Å². The van der Waals surface area contributed by atoms with Crippen LogP contribution in [0.5, 0.6) is 0 Å². The van der Waals surface area contributed by atoms with Crippen molar-refractivity contribution in [2.24, 2.45) is 4.99 Å². The molecule has 0 spiro atoms. The van der Waals surface area contributed by atoms with Crippen molar-refractivity contribution in [2.45, 2.75) is 19.5 Å². The molecule has 0 fully saturated rings. The van der Waals surface area contributed by atoms with E-state index in [-0.39, 0.29) is 5.91 Å². The average molecular weight is 387 g/mol. The maximum absolute atomic E-state index is 12.9. The highest BCUT2D eigenvalue weighted by molar-refractivity contribution is 9.10. The number of thiocarbonyl (C=S) groups is 1. The fourth-order valence-electron chi connectivity index (χ4n) is 2.57. The summed E-state index contributed by atoms with van der Waals surface area (Å²) < 4.78 is 0.929. The lowest BCUT2D eigenvalue weighted by atomic mass is 10.1. The maximum Gasteiger partial charge on any atom is 0.260 e. The largest absolute Gasteiger partial charge is 0.272 e. The van der Waals surface area contributed by atoms with Crippen molar-refractivity contribution in [1.29, 1.82) is 0 Å². The summed E-state index contributed by atoms with van der Waals surface area (Å²) >= 11 is 8.94. The molecule has 116 valence electrons. The Kier molecular flexibility index (Phi) is 4.17. The minimum Gasteiger partial charge on any atom is -0.272 e. The molecule has 23 heavy (non-hydrogen) atoms. The molecule has 0 saturated heterocycles. The van der Waals surface area contributed by atoms with E-state index in [1.165, 1.54) is 0 Å². The van der Waals surface area contributed by atoms with Crippen LogP contribution in [-0.4, -0.2) is 27.2 Å². The van der Waals surface area contributed by atoms with Crippen LogP contribution >= 0.6 is 28.1 Å². The Morgan fingerprint density at radius 3 is 2.30 bits per heavy atom. The first kappa shape index (κ1) is 16.0. The zero-order chi connectivity index (χ0) is 16.6. The number of hydrogen-bond donors (Lipinski definition) is 0. The van der Waals surface area contributed by atoms with Gasteiger partial charge in [0.25, 0.3) is 5.91 Å². The van der Waals surface area contributed by atoms with Gasteiger partial charge in [-0.25, -0.2) is 0 Å². The second-order valence-electron chi connectivity index (χ2n) is 5.77. The van der Waals surface area contributed by atoms with Crippen LogP contribution in [0.2, 0.25) is 0 Å². The molecule has 0 N–H and O–H groups in total. The Balaban J connectivity index is 1.97. The molecule has 1 aliphatic heterocycles. The Morgan fingerprint density at radius 1 is 1.09 bits per heavy atom. The van der Waals surface area contributed by atoms with Gasteiger partial charge in [-0.15, -0.1) is 0 Å². The Labute approximate surface area is 149 Å². The molecule has 0 aromatic heterocycles. The number of carbonyl (C=O) groups excluding carboxylic acids is 1. The molecule has 0 bridgehead atoms. The lowest BCUT2D eigenvalue weighted by Gasteiger charge is -2.29. The van der Waals surface area contributed by atoms with E-state index >= 15 is 0 Å².